The molecule has 0 aliphatic heterocycles. The van der Waals surface area contributed by atoms with Crippen LogP contribution in [0.2, 0.25) is 0 Å². The standard InChI is InChI=1S/C15H21F2N3/c1-11(2)4-3-5-18-6-7-20-10-19-14-8-12(16)13(17)9-15(14)20/h8-11,18H,3-7H2,1-2H3. The van der Waals surface area contributed by atoms with Gasteiger partial charge in [-0.3, -0.25) is 0 Å². The number of aromatic nitrogens is 2. The molecule has 110 valence electrons. The summed E-state index contributed by atoms with van der Waals surface area (Å²) in [7, 11) is 0. The highest BCUT2D eigenvalue weighted by Crippen LogP contribution is 2.17. The third-order valence-corrected chi connectivity index (χ3v) is 3.33. The molecule has 0 aliphatic rings. The summed E-state index contributed by atoms with van der Waals surface area (Å²) in [4.78, 5) is 4.09. The summed E-state index contributed by atoms with van der Waals surface area (Å²) in [6.45, 7) is 6.90. The molecular formula is C15H21F2N3. The van der Waals surface area contributed by atoms with E-state index in [1.165, 1.54) is 12.5 Å². The highest BCUT2D eigenvalue weighted by molar-refractivity contribution is 5.75. The molecule has 0 atom stereocenters. The van der Waals surface area contributed by atoms with Crippen molar-refractivity contribution in [2.75, 3.05) is 13.1 Å². The van der Waals surface area contributed by atoms with Crippen LogP contribution in [-0.2, 0) is 6.54 Å². The van der Waals surface area contributed by atoms with Crippen molar-refractivity contribution in [3.05, 3.63) is 30.1 Å². The maximum Gasteiger partial charge on any atom is 0.161 e. The highest BCUT2D eigenvalue weighted by atomic mass is 19.2. The summed E-state index contributed by atoms with van der Waals surface area (Å²) in [5.74, 6) is -0.953. The number of nitrogens with zero attached hydrogens (tertiary/aromatic N) is 2. The van der Waals surface area contributed by atoms with Crippen molar-refractivity contribution in [2.24, 2.45) is 5.92 Å². The summed E-state index contributed by atoms with van der Waals surface area (Å²) in [5, 5.41) is 3.35. The molecule has 0 fully saturated rings. The Morgan fingerprint density at radius 1 is 1.20 bits per heavy atom. The van der Waals surface area contributed by atoms with Crippen LogP contribution in [0, 0.1) is 17.6 Å². The largest absolute Gasteiger partial charge is 0.329 e. The Balaban J connectivity index is 1.86. The van der Waals surface area contributed by atoms with Gasteiger partial charge in [0.25, 0.3) is 0 Å². The minimum Gasteiger partial charge on any atom is -0.329 e. The van der Waals surface area contributed by atoms with Crippen molar-refractivity contribution >= 4 is 11.0 Å². The number of halogens is 2. The zero-order chi connectivity index (χ0) is 14.5. The van der Waals surface area contributed by atoms with Crippen LogP contribution in [0.4, 0.5) is 8.78 Å². The van der Waals surface area contributed by atoms with Crippen LogP contribution >= 0.6 is 0 Å². The Labute approximate surface area is 118 Å². The molecule has 0 amide bonds. The number of nitrogens with one attached hydrogen (secondary N) is 1. The fourth-order valence-corrected chi connectivity index (χ4v) is 2.19. The molecular weight excluding hydrogens is 260 g/mol. The van der Waals surface area contributed by atoms with Crippen LogP contribution in [0.3, 0.4) is 0 Å². The van der Waals surface area contributed by atoms with E-state index >= 15 is 0 Å². The second-order valence-corrected chi connectivity index (χ2v) is 5.48. The molecule has 0 saturated carbocycles. The van der Waals surface area contributed by atoms with Gasteiger partial charge in [0.2, 0.25) is 0 Å². The lowest BCUT2D eigenvalue weighted by molar-refractivity contribution is 0.508. The van der Waals surface area contributed by atoms with Crippen molar-refractivity contribution in [1.29, 1.82) is 0 Å². The third-order valence-electron chi connectivity index (χ3n) is 3.33. The van der Waals surface area contributed by atoms with Crippen molar-refractivity contribution in [1.82, 2.24) is 14.9 Å². The molecule has 0 aliphatic carbocycles. The van der Waals surface area contributed by atoms with Crippen LogP contribution in [0.25, 0.3) is 11.0 Å². The van der Waals surface area contributed by atoms with Gasteiger partial charge in [-0.15, -0.1) is 0 Å². The van der Waals surface area contributed by atoms with Gasteiger partial charge in [0.15, 0.2) is 11.6 Å². The molecule has 1 heterocycles. The Hall–Kier alpha value is -1.49. The first-order valence-corrected chi connectivity index (χ1v) is 7.08. The van der Waals surface area contributed by atoms with E-state index in [0.29, 0.717) is 17.6 Å². The maximum absolute atomic E-state index is 13.2. The average molecular weight is 281 g/mol. The zero-order valence-corrected chi connectivity index (χ0v) is 12.0. The molecule has 1 N–H and O–H groups in total. The van der Waals surface area contributed by atoms with Gasteiger partial charge in [-0.05, 0) is 25.3 Å². The zero-order valence-electron chi connectivity index (χ0n) is 12.0. The van der Waals surface area contributed by atoms with Crippen LogP contribution in [0.5, 0.6) is 0 Å². The van der Waals surface area contributed by atoms with Crippen LogP contribution in [0.15, 0.2) is 18.5 Å². The summed E-state index contributed by atoms with van der Waals surface area (Å²) in [6, 6.07) is 2.34. The number of fused-ring (bicyclic) bond motifs is 1. The number of hydrogen-bond acceptors (Lipinski definition) is 2. The summed E-state index contributed by atoms with van der Waals surface area (Å²) in [6.07, 6.45) is 3.99. The summed E-state index contributed by atoms with van der Waals surface area (Å²) in [5.41, 5.74) is 1.12. The average Bonchev–Trinajstić information content (AvgIpc) is 2.76. The van der Waals surface area contributed by atoms with Gasteiger partial charge < -0.3 is 9.88 Å². The van der Waals surface area contributed by atoms with E-state index in [0.717, 1.165) is 31.5 Å². The minimum absolute atomic E-state index is 0.490. The third kappa shape index (κ3) is 3.76. The molecule has 1 aromatic carbocycles. The fraction of sp³-hybridized carbons (Fsp3) is 0.533. The monoisotopic (exact) mass is 281 g/mol. The fourth-order valence-electron chi connectivity index (χ4n) is 2.19. The number of benzene rings is 1. The van der Waals surface area contributed by atoms with Gasteiger partial charge >= 0.3 is 0 Å². The lowest BCUT2D eigenvalue weighted by Gasteiger charge is -2.08. The predicted octanol–water partition coefficient (Wildman–Crippen LogP) is 3.34. The van der Waals surface area contributed by atoms with Crippen LogP contribution < -0.4 is 5.32 Å². The van der Waals surface area contributed by atoms with E-state index in [4.69, 9.17) is 0 Å². The quantitative estimate of drug-likeness (QED) is 0.789. The lowest BCUT2D eigenvalue weighted by Crippen LogP contribution is -2.21. The Bertz CT molecular complexity index is 563. The van der Waals surface area contributed by atoms with Gasteiger partial charge in [0.05, 0.1) is 17.4 Å². The normalized spacial score (nSPS) is 11.7. The van der Waals surface area contributed by atoms with Gasteiger partial charge in [-0.25, -0.2) is 13.8 Å². The van der Waals surface area contributed by atoms with E-state index in [1.807, 2.05) is 4.57 Å². The SMILES string of the molecule is CC(C)CCCNCCn1cnc2cc(F)c(F)cc21. The van der Waals surface area contributed by atoms with Gasteiger partial charge in [-0.2, -0.15) is 0 Å². The van der Waals surface area contributed by atoms with Gasteiger partial charge in [-0.1, -0.05) is 13.8 Å². The number of imidazole rings is 1. The topological polar surface area (TPSA) is 29.9 Å². The van der Waals surface area contributed by atoms with E-state index in [9.17, 15) is 8.78 Å². The number of hydrogen-bond donors (Lipinski definition) is 1. The second-order valence-electron chi connectivity index (χ2n) is 5.48. The maximum atomic E-state index is 13.2. The molecule has 3 nitrogen and oxygen atoms in total. The second kappa shape index (κ2) is 6.79. The molecule has 2 rings (SSSR count). The highest BCUT2D eigenvalue weighted by Gasteiger charge is 2.08. The predicted molar refractivity (Wildman–Crippen MR) is 76.6 cm³/mol. The number of rotatable bonds is 7. The Kier molecular flexibility index (Phi) is 5.06. The molecule has 20 heavy (non-hydrogen) atoms. The first-order chi connectivity index (χ1) is 9.58. The van der Waals surface area contributed by atoms with Crippen molar-refractivity contribution in [3.8, 4) is 0 Å². The molecule has 0 radical (unpaired) electrons. The van der Waals surface area contributed by atoms with E-state index in [2.05, 4.69) is 24.1 Å². The minimum atomic E-state index is -0.852. The molecule has 0 saturated heterocycles. The van der Waals surface area contributed by atoms with Crippen molar-refractivity contribution < 1.29 is 8.78 Å². The van der Waals surface area contributed by atoms with Crippen LogP contribution in [0.1, 0.15) is 26.7 Å². The summed E-state index contributed by atoms with van der Waals surface area (Å²) >= 11 is 0. The molecule has 0 spiro atoms. The Morgan fingerprint density at radius 2 is 1.95 bits per heavy atom. The van der Waals surface area contributed by atoms with E-state index in [-0.39, 0.29) is 0 Å². The Morgan fingerprint density at radius 3 is 2.70 bits per heavy atom. The first kappa shape index (κ1) is 14.9. The molecule has 0 unspecified atom stereocenters. The van der Waals surface area contributed by atoms with E-state index < -0.39 is 11.6 Å². The van der Waals surface area contributed by atoms with Crippen molar-refractivity contribution in [3.63, 3.8) is 0 Å². The smallest absolute Gasteiger partial charge is 0.161 e. The molecule has 2 aromatic rings. The molecule has 0 bridgehead atoms. The van der Waals surface area contributed by atoms with Gasteiger partial charge in [0.1, 0.15) is 0 Å². The summed E-state index contributed by atoms with van der Waals surface area (Å²) < 4.78 is 28.2. The van der Waals surface area contributed by atoms with Gasteiger partial charge in [0, 0.05) is 25.2 Å². The van der Waals surface area contributed by atoms with Crippen LogP contribution in [-0.4, -0.2) is 22.6 Å². The van der Waals surface area contributed by atoms with Crippen molar-refractivity contribution in [2.45, 2.75) is 33.2 Å². The van der Waals surface area contributed by atoms with E-state index in [1.54, 1.807) is 6.33 Å². The molecule has 1 aromatic heterocycles. The lowest BCUT2D eigenvalue weighted by atomic mass is 10.1. The molecule has 5 heteroatoms. The first-order valence-electron chi connectivity index (χ1n) is 7.08.